The minimum absolute atomic E-state index is 0.269. The normalized spacial score (nSPS) is 10.4. The highest BCUT2D eigenvalue weighted by molar-refractivity contribution is 6.31. The smallest absolute Gasteiger partial charge is 0.274 e. The first-order valence-electron chi connectivity index (χ1n) is 7.98. The number of hydrogen-bond acceptors (Lipinski definition) is 4. The highest BCUT2D eigenvalue weighted by Gasteiger charge is 2.09. The van der Waals surface area contributed by atoms with Crippen LogP contribution in [0.3, 0.4) is 0 Å². The Morgan fingerprint density at radius 2 is 1.77 bits per heavy atom. The van der Waals surface area contributed by atoms with E-state index in [-0.39, 0.29) is 11.6 Å². The van der Waals surface area contributed by atoms with Crippen LogP contribution in [0.4, 0.5) is 11.6 Å². The number of rotatable bonds is 6. The van der Waals surface area contributed by atoms with Crippen molar-refractivity contribution in [2.45, 2.75) is 6.42 Å². The van der Waals surface area contributed by atoms with Gasteiger partial charge in [0, 0.05) is 28.5 Å². The lowest BCUT2D eigenvalue weighted by atomic mass is 10.1. The molecule has 26 heavy (non-hydrogen) atoms. The van der Waals surface area contributed by atoms with Gasteiger partial charge in [-0.15, -0.1) is 0 Å². The maximum atomic E-state index is 12.3. The summed E-state index contributed by atoms with van der Waals surface area (Å²) in [5.74, 6) is 0.0679. The summed E-state index contributed by atoms with van der Waals surface area (Å²) in [7, 11) is 0. The number of halogens is 2. The quantitative estimate of drug-likeness (QED) is 0.644. The van der Waals surface area contributed by atoms with Crippen LogP contribution >= 0.6 is 23.2 Å². The van der Waals surface area contributed by atoms with Crippen molar-refractivity contribution in [1.29, 1.82) is 0 Å². The summed E-state index contributed by atoms with van der Waals surface area (Å²) in [6.07, 6.45) is 2.31. The monoisotopic (exact) mass is 386 g/mol. The molecular weight excluding hydrogens is 371 g/mol. The predicted octanol–water partition coefficient (Wildman–Crippen LogP) is 4.69. The van der Waals surface area contributed by atoms with Gasteiger partial charge in [-0.05, 0) is 48.4 Å². The Labute approximate surface area is 161 Å². The fourth-order valence-corrected chi connectivity index (χ4v) is 2.75. The molecule has 0 unspecified atom stereocenters. The van der Waals surface area contributed by atoms with Gasteiger partial charge in [-0.3, -0.25) is 4.79 Å². The summed E-state index contributed by atoms with van der Waals surface area (Å²) in [6.45, 7) is 0.625. The van der Waals surface area contributed by atoms with E-state index in [1.165, 1.54) is 0 Å². The zero-order chi connectivity index (χ0) is 18.4. The largest absolute Gasteiger partial charge is 0.354 e. The Hall–Kier alpha value is -2.63. The van der Waals surface area contributed by atoms with E-state index in [1.807, 2.05) is 24.3 Å². The molecule has 0 bridgehead atoms. The standard InChI is InChI=1S/C19H16Cl2N4O/c20-14-4-1-3-13(11-14)7-9-22-19-23-10-8-17(25-19)18(26)24-16-6-2-5-15(21)12-16/h1-6,8,10-12H,7,9H2,(H,24,26)(H,22,23,25). The molecule has 0 spiro atoms. The topological polar surface area (TPSA) is 66.9 Å². The summed E-state index contributed by atoms with van der Waals surface area (Å²) in [5.41, 5.74) is 1.99. The van der Waals surface area contributed by atoms with Gasteiger partial charge in [0.05, 0.1) is 0 Å². The molecule has 0 atom stereocenters. The Morgan fingerprint density at radius 3 is 2.54 bits per heavy atom. The molecule has 0 aliphatic rings. The zero-order valence-electron chi connectivity index (χ0n) is 13.7. The van der Waals surface area contributed by atoms with Crippen molar-refractivity contribution >= 4 is 40.7 Å². The SMILES string of the molecule is O=C(Nc1cccc(Cl)c1)c1ccnc(NCCc2cccc(Cl)c2)n1. The Balaban J connectivity index is 1.59. The van der Waals surface area contributed by atoms with Gasteiger partial charge >= 0.3 is 0 Å². The first kappa shape index (κ1) is 18.2. The number of nitrogens with zero attached hydrogens (tertiary/aromatic N) is 2. The van der Waals surface area contributed by atoms with Crippen molar-refractivity contribution < 1.29 is 4.79 Å². The molecule has 0 saturated heterocycles. The van der Waals surface area contributed by atoms with E-state index < -0.39 is 0 Å². The van der Waals surface area contributed by atoms with Crippen molar-refractivity contribution in [3.8, 4) is 0 Å². The molecule has 2 N–H and O–H groups in total. The van der Waals surface area contributed by atoms with Gasteiger partial charge in [-0.2, -0.15) is 0 Å². The number of nitrogens with one attached hydrogen (secondary N) is 2. The number of amides is 1. The van der Waals surface area contributed by atoms with Crippen molar-refractivity contribution in [3.63, 3.8) is 0 Å². The molecule has 1 amide bonds. The predicted molar refractivity (Wildman–Crippen MR) is 105 cm³/mol. The molecule has 3 aromatic rings. The second kappa shape index (κ2) is 8.65. The van der Waals surface area contributed by atoms with Crippen molar-refractivity contribution in [1.82, 2.24) is 9.97 Å². The average molecular weight is 387 g/mol. The molecule has 0 fully saturated rings. The fraction of sp³-hybridized carbons (Fsp3) is 0.105. The molecule has 0 aliphatic heterocycles. The van der Waals surface area contributed by atoms with Crippen LogP contribution < -0.4 is 10.6 Å². The van der Waals surface area contributed by atoms with Gasteiger partial charge in [0.2, 0.25) is 5.95 Å². The fourth-order valence-electron chi connectivity index (χ4n) is 2.34. The third kappa shape index (κ3) is 5.18. The highest BCUT2D eigenvalue weighted by atomic mass is 35.5. The van der Waals surface area contributed by atoms with Crippen LogP contribution in [0.15, 0.2) is 60.8 Å². The van der Waals surface area contributed by atoms with Gasteiger partial charge in [0.1, 0.15) is 5.69 Å². The van der Waals surface area contributed by atoms with Gasteiger partial charge in [0.15, 0.2) is 0 Å². The number of carbonyl (C=O) groups excluding carboxylic acids is 1. The van der Waals surface area contributed by atoms with Crippen LogP contribution in [0.1, 0.15) is 16.1 Å². The molecule has 5 nitrogen and oxygen atoms in total. The van der Waals surface area contributed by atoms with Crippen molar-refractivity contribution in [3.05, 3.63) is 82.1 Å². The van der Waals surface area contributed by atoms with E-state index in [1.54, 1.807) is 36.5 Å². The molecule has 0 saturated carbocycles. The van der Waals surface area contributed by atoms with Gasteiger partial charge in [-0.1, -0.05) is 41.4 Å². The summed E-state index contributed by atoms with van der Waals surface area (Å²) in [5, 5.41) is 7.13. The molecule has 1 heterocycles. The maximum absolute atomic E-state index is 12.3. The average Bonchev–Trinajstić information content (AvgIpc) is 2.62. The summed E-state index contributed by atoms with van der Waals surface area (Å²) < 4.78 is 0. The van der Waals surface area contributed by atoms with E-state index in [9.17, 15) is 4.79 Å². The van der Waals surface area contributed by atoms with Crippen LogP contribution in [-0.4, -0.2) is 22.4 Å². The Bertz CT molecular complexity index is 917. The van der Waals surface area contributed by atoms with E-state index in [0.717, 1.165) is 12.0 Å². The van der Waals surface area contributed by atoms with Gasteiger partial charge in [-0.25, -0.2) is 9.97 Å². The number of benzene rings is 2. The second-order valence-electron chi connectivity index (χ2n) is 5.54. The van der Waals surface area contributed by atoms with Crippen molar-refractivity contribution in [2.75, 3.05) is 17.2 Å². The van der Waals surface area contributed by atoms with Gasteiger partial charge in [0.25, 0.3) is 5.91 Å². The summed E-state index contributed by atoms with van der Waals surface area (Å²) >= 11 is 11.9. The third-order valence-corrected chi connectivity index (χ3v) is 4.03. The van der Waals surface area contributed by atoms with Crippen LogP contribution in [0.25, 0.3) is 0 Å². The van der Waals surface area contributed by atoms with Crippen LogP contribution in [0, 0.1) is 0 Å². The van der Waals surface area contributed by atoms with E-state index in [0.29, 0.717) is 28.2 Å². The number of hydrogen-bond donors (Lipinski definition) is 2. The van der Waals surface area contributed by atoms with E-state index in [2.05, 4.69) is 20.6 Å². The third-order valence-electron chi connectivity index (χ3n) is 3.56. The first-order valence-corrected chi connectivity index (χ1v) is 8.74. The molecule has 7 heteroatoms. The van der Waals surface area contributed by atoms with Crippen LogP contribution in [0.5, 0.6) is 0 Å². The lowest BCUT2D eigenvalue weighted by Crippen LogP contribution is -2.16. The van der Waals surface area contributed by atoms with Crippen LogP contribution in [-0.2, 0) is 6.42 Å². The molecule has 0 aliphatic carbocycles. The maximum Gasteiger partial charge on any atom is 0.274 e. The molecule has 2 aromatic carbocycles. The number of carbonyl (C=O) groups is 1. The lowest BCUT2D eigenvalue weighted by Gasteiger charge is -2.08. The van der Waals surface area contributed by atoms with Gasteiger partial charge < -0.3 is 10.6 Å². The number of aromatic nitrogens is 2. The molecular formula is C19H16Cl2N4O. The minimum atomic E-state index is -0.326. The molecule has 1 aromatic heterocycles. The Morgan fingerprint density at radius 1 is 1.00 bits per heavy atom. The van der Waals surface area contributed by atoms with E-state index >= 15 is 0 Å². The summed E-state index contributed by atoms with van der Waals surface area (Å²) in [4.78, 5) is 20.7. The summed E-state index contributed by atoms with van der Waals surface area (Å²) in [6, 6.07) is 16.2. The van der Waals surface area contributed by atoms with Crippen molar-refractivity contribution in [2.24, 2.45) is 0 Å². The highest BCUT2D eigenvalue weighted by Crippen LogP contribution is 2.16. The zero-order valence-corrected chi connectivity index (χ0v) is 15.3. The first-order chi connectivity index (χ1) is 12.6. The molecule has 132 valence electrons. The molecule has 3 rings (SSSR count). The van der Waals surface area contributed by atoms with Crippen LogP contribution in [0.2, 0.25) is 10.0 Å². The minimum Gasteiger partial charge on any atom is -0.354 e. The number of anilines is 2. The van der Waals surface area contributed by atoms with E-state index in [4.69, 9.17) is 23.2 Å². The lowest BCUT2D eigenvalue weighted by molar-refractivity contribution is 0.102. The second-order valence-corrected chi connectivity index (χ2v) is 6.41. The molecule has 0 radical (unpaired) electrons. The Kier molecular flexibility index (Phi) is 6.04.